The van der Waals surface area contributed by atoms with Crippen LogP contribution in [0.4, 0.5) is 5.13 Å². The Balaban J connectivity index is 2.72. The van der Waals surface area contributed by atoms with Crippen LogP contribution in [0.5, 0.6) is 0 Å². The van der Waals surface area contributed by atoms with Gasteiger partial charge in [0.05, 0.1) is 0 Å². The largest absolute Gasteiger partial charge is 0.480 e. The van der Waals surface area contributed by atoms with E-state index in [1.807, 2.05) is 6.92 Å². The van der Waals surface area contributed by atoms with E-state index in [0.717, 1.165) is 0 Å². The van der Waals surface area contributed by atoms with E-state index < -0.39 is 5.97 Å². The van der Waals surface area contributed by atoms with E-state index in [1.54, 1.807) is 11.8 Å². The predicted octanol–water partition coefficient (Wildman–Crippen LogP) is 0.757. The minimum Gasteiger partial charge on any atom is -0.480 e. The summed E-state index contributed by atoms with van der Waals surface area (Å²) in [7, 11) is 0. The molecule has 0 spiro atoms. The molecule has 1 heterocycles. The number of aryl methyl sites for hydroxylation is 1. The number of carboxylic acid groups (broad SMARTS) is 1. The van der Waals surface area contributed by atoms with Crippen LogP contribution in [0.15, 0.2) is 0 Å². The molecule has 1 N–H and O–H groups in total. The first-order valence-corrected chi connectivity index (χ1v) is 4.68. The normalized spacial score (nSPS) is 10.0. The molecular formula is C7H11N3O2S. The number of rotatable bonds is 4. The van der Waals surface area contributed by atoms with E-state index in [1.165, 1.54) is 11.5 Å². The van der Waals surface area contributed by atoms with Gasteiger partial charge in [-0.3, -0.25) is 4.79 Å². The minimum absolute atomic E-state index is 0.0227. The van der Waals surface area contributed by atoms with Crippen molar-refractivity contribution in [2.24, 2.45) is 0 Å². The van der Waals surface area contributed by atoms with Crippen molar-refractivity contribution in [1.29, 1.82) is 0 Å². The van der Waals surface area contributed by atoms with Crippen molar-refractivity contribution >= 4 is 22.6 Å². The predicted molar refractivity (Wildman–Crippen MR) is 50.2 cm³/mol. The Labute approximate surface area is 80.2 Å². The van der Waals surface area contributed by atoms with Gasteiger partial charge in [-0.2, -0.15) is 4.37 Å². The highest BCUT2D eigenvalue weighted by atomic mass is 32.1. The van der Waals surface area contributed by atoms with Gasteiger partial charge in [0, 0.05) is 18.1 Å². The average molecular weight is 201 g/mol. The van der Waals surface area contributed by atoms with Gasteiger partial charge in [0.1, 0.15) is 12.4 Å². The summed E-state index contributed by atoms with van der Waals surface area (Å²) in [5, 5.41) is 9.27. The van der Waals surface area contributed by atoms with Crippen LogP contribution in [-0.4, -0.2) is 33.5 Å². The molecule has 6 heteroatoms. The van der Waals surface area contributed by atoms with Crippen LogP contribution in [0, 0.1) is 6.92 Å². The van der Waals surface area contributed by atoms with Gasteiger partial charge < -0.3 is 10.0 Å². The SMILES string of the molecule is CCN(CC(=O)O)c1nc(C)ns1. The summed E-state index contributed by atoms with van der Waals surface area (Å²) >= 11 is 1.23. The Bertz CT molecular complexity index is 300. The summed E-state index contributed by atoms with van der Waals surface area (Å²) in [6.45, 7) is 4.28. The third kappa shape index (κ3) is 2.66. The smallest absolute Gasteiger partial charge is 0.323 e. The summed E-state index contributed by atoms with van der Waals surface area (Å²) in [4.78, 5) is 16.2. The van der Waals surface area contributed by atoms with Crippen LogP contribution in [0.3, 0.4) is 0 Å². The maximum Gasteiger partial charge on any atom is 0.323 e. The van der Waals surface area contributed by atoms with Crippen LogP contribution in [0.2, 0.25) is 0 Å². The monoisotopic (exact) mass is 201 g/mol. The van der Waals surface area contributed by atoms with Crippen LogP contribution in [0.25, 0.3) is 0 Å². The van der Waals surface area contributed by atoms with E-state index in [4.69, 9.17) is 5.11 Å². The molecule has 0 amide bonds. The second-order valence-electron chi connectivity index (χ2n) is 2.53. The van der Waals surface area contributed by atoms with E-state index >= 15 is 0 Å². The van der Waals surface area contributed by atoms with Gasteiger partial charge in [-0.1, -0.05) is 0 Å². The summed E-state index contributed by atoms with van der Waals surface area (Å²) < 4.78 is 3.99. The summed E-state index contributed by atoms with van der Waals surface area (Å²) in [5.41, 5.74) is 0. The van der Waals surface area contributed by atoms with Gasteiger partial charge in [-0.15, -0.1) is 0 Å². The standard InChI is InChI=1S/C7H11N3O2S/c1-3-10(4-6(11)12)7-8-5(2)9-13-7/h3-4H2,1-2H3,(H,11,12). The quantitative estimate of drug-likeness (QED) is 0.779. The first-order valence-electron chi connectivity index (χ1n) is 3.90. The summed E-state index contributed by atoms with van der Waals surface area (Å²) in [6.07, 6.45) is 0. The van der Waals surface area contributed by atoms with Crippen molar-refractivity contribution in [1.82, 2.24) is 9.36 Å². The molecule has 0 radical (unpaired) electrons. The molecule has 0 aliphatic heterocycles. The van der Waals surface area contributed by atoms with Gasteiger partial charge in [0.15, 0.2) is 0 Å². The maximum atomic E-state index is 10.5. The zero-order valence-corrected chi connectivity index (χ0v) is 8.34. The lowest BCUT2D eigenvalue weighted by Gasteiger charge is -2.15. The number of carboxylic acids is 1. The Kier molecular flexibility index (Phi) is 3.18. The molecule has 0 atom stereocenters. The fourth-order valence-electron chi connectivity index (χ4n) is 0.893. The lowest BCUT2D eigenvalue weighted by molar-refractivity contribution is -0.135. The van der Waals surface area contributed by atoms with Crippen LogP contribution < -0.4 is 4.90 Å². The third-order valence-electron chi connectivity index (χ3n) is 1.50. The van der Waals surface area contributed by atoms with Crippen molar-refractivity contribution < 1.29 is 9.90 Å². The van der Waals surface area contributed by atoms with Gasteiger partial charge in [0.2, 0.25) is 5.13 Å². The molecule has 1 aromatic heterocycles. The van der Waals surface area contributed by atoms with Crippen LogP contribution in [-0.2, 0) is 4.79 Å². The van der Waals surface area contributed by atoms with Crippen molar-refractivity contribution in [3.8, 4) is 0 Å². The Morgan fingerprint density at radius 2 is 2.38 bits per heavy atom. The number of nitrogens with zero attached hydrogens (tertiary/aromatic N) is 3. The molecule has 1 aromatic rings. The second-order valence-corrected chi connectivity index (χ2v) is 3.26. The van der Waals surface area contributed by atoms with Gasteiger partial charge in [0.25, 0.3) is 0 Å². The second kappa shape index (κ2) is 4.18. The highest BCUT2D eigenvalue weighted by molar-refractivity contribution is 7.09. The number of anilines is 1. The molecule has 13 heavy (non-hydrogen) atoms. The lowest BCUT2D eigenvalue weighted by Crippen LogP contribution is -2.29. The van der Waals surface area contributed by atoms with Gasteiger partial charge in [-0.25, -0.2) is 4.98 Å². The molecule has 0 saturated heterocycles. The van der Waals surface area contributed by atoms with E-state index in [-0.39, 0.29) is 6.54 Å². The molecule has 1 rings (SSSR count). The van der Waals surface area contributed by atoms with Gasteiger partial charge in [-0.05, 0) is 13.8 Å². The minimum atomic E-state index is -0.852. The van der Waals surface area contributed by atoms with Crippen LogP contribution >= 0.6 is 11.5 Å². The van der Waals surface area contributed by atoms with Crippen molar-refractivity contribution in [2.45, 2.75) is 13.8 Å². The fraction of sp³-hybridized carbons (Fsp3) is 0.571. The zero-order chi connectivity index (χ0) is 9.84. The molecule has 0 fully saturated rings. The molecule has 0 aliphatic rings. The Morgan fingerprint density at radius 3 is 2.77 bits per heavy atom. The van der Waals surface area contributed by atoms with E-state index in [9.17, 15) is 4.79 Å². The number of likely N-dealkylation sites (N-methyl/N-ethyl adjacent to an activating group) is 1. The van der Waals surface area contributed by atoms with Crippen molar-refractivity contribution in [3.63, 3.8) is 0 Å². The molecule has 0 unspecified atom stereocenters. The third-order valence-corrected chi connectivity index (χ3v) is 2.36. The fourth-order valence-corrected chi connectivity index (χ4v) is 1.63. The molecular weight excluding hydrogens is 190 g/mol. The molecule has 72 valence electrons. The molecule has 0 bridgehead atoms. The highest BCUT2D eigenvalue weighted by Crippen LogP contribution is 2.15. The number of hydrogen-bond donors (Lipinski definition) is 1. The van der Waals surface area contributed by atoms with E-state index in [2.05, 4.69) is 9.36 Å². The van der Waals surface area contributed by atoms with Gasteiger partial charge >= 0.3 is 5.97 Å². The number of aliphatic carboxylic acids is 1. The van der Waals surface area contributed by atoms with Crippen molar-refractivity contribution in [2.75, 3.05) is 18.0 Å². The summed E-state index contributed by atoms with van der Waals surface area (Å²) in [6, 6.07) is 0. The van der Waals surface area contributed by atoms with Crippen LogP contribution in [0.1, 0.15) is 12.7 Å². The highest BCUT2D eigenvalue weighted by Gasteiger charge is 2.12. The Morgan fingerprint density at radius 1 is 1.69 bits per heavy atom. The first kappa shape index (κ1) is 9.91. The lowest BCUT2D eigenvalue weighted by atomic mass is 10.5. The van der Waals surface area contributed by atoms with E-state index in [0.29, 0.717) is 17.5 Å². The zero-order valence-electron chi connectivity index (χ0n) is 7.52. The molecule has 5 nitrogen and oxygen atoms in total. The summed E-state index contributed by atoms with van der Waals surface area (Å²) in [5.74, 6) is -0.168. The molecule has 0 aliphatic carbocycles. The Hall–Kier alpha value is -1.17. The molecule has 0 aromatic carbocycles. The topological polar surface area (TPSA) is 66.3 Å². The number of carbonyl (C=O) groups is 1. The molecule has 0 saturated carbocycles. The average Bonchev–Trinajstić information content (AvgIpc) is 2.47. The number of hydrogen-bond acceptors (Lipinski definition) is 5. The number of aromatic nitrogens is 2. The first-order chi connectivity index (χ1) is 6.13. The maximum absolute atomic E-state index is 10.5. The van der Waals surface area contributed by atoms with Crippen molar-refractivity contribution in [3.05, 3.63) is 5.82 Å².